The number of halogens is 4. The van der Waals surface area contributed by atoms with Gasteiger partial charge < -0.3 is 5.32 Å². The molecule has 1 unspecified atom stereocenters. The fourth-order valence-corrected chi connectivity index (χ4v) is 2.75. The van der Waals surface area contributed by atoms with Crippen LogP contribution in [-0.4, -0.2) is 0 Å². The van der Waals surface area contributed by atoms with Crippen molar-refractivity contribution >= 4 is 21.6 Å². The summed E-state index contributed by atoms with van der Waals surface area (Å²) in [7, 11) is 0. The van der Waals surface area contributed by atoms with Gasteiger partial charge in [0.2, 0.25) is 0 Å². The highest BCUT2D eigenvalue weighted by atomic mass is 79.9. The molecule has 0 saturated carbocycles. The largest absolute Gasteiger partial charge is 0.416 e. The number of benzene rings is 2. The highest BCUT2D eigenvalue weighted by Gasteiger charge is 2.30. The lowest BCUT2D eigenvalue weighted by atomic mass is 10.0. The molecule has 0 radical (unpaired) electrons. The van der Waals surface area contributed by atoms with Gasteiger partial charge in [0.25, 0.3) is 0 Å². The van der Waals surface area contributed by atoms with Gasteiger partial charge in [-0.2, -0.15) is 13.2 Å². The van der Waals surface area contributed by atoms with Crippen LogP contribution in [0.25, 0.3) is 0 Å². The summed E-state index contributed by atoms with van der Waals surface area (Å²) < 4.78 is 39.1. The molecular formula is C16H15BrF3N. The van der Waals surface area contributed by atoms with Gasteiger partial charge in [-0.1, -0.05) is 28.1 Å². The molecule has 0 saturated heterocycles. The van der Waals surface area contributed by atoms with E-state index < -0.39 is 11.7 Å². The van der Waals surface area contributed by atoms with Crippen LogP contribution in [0.1, 0.15) is 29.7 Å². The maximum atomic E-state index is 12.7. The Kier molecular flexibility index (Phi) is 4.61. The molecule has 0 aliphatic carbocycles. The first-order valence-corrected chi connectivity index (χ1v) is 7.26. The molecule has 0 heterocycles. The molecule has 0 aromatic heterocycles. The van der Waals surface area contributed by atoms with Crippen molar-refractivity contribution in [2.75, 3.05) is 5.32 Å². The smallest absolute Gasteiger partial charge is 0.378 e. The second-order valence-electron chi connectivity index (χ2n) is 5.01. The van der Waals surface area contributed by atoms with Crippen LogP contribution in [0, 0.1) is 6.92 Å². The van der Waals surface area contributed by atoms with E-state index in [0.717, 1.165) is 21.8 Å². The Balaban J connectivity index is 2.22. The number of hydrogen-bond acceptors (Lipinski definition) is 1. The molecule has 1 nitrogen and oxygen atoms in total. The molecule has 2 aromatic rings. The molecule has 0 aliphatic heterocycles. The molecule has 0 fully saturated rings. The van der Waals surface area contributed by atoms with E-state index in [1.807, 2.05) is 32.0 Å². The molecule has 0 bridgehead atoms. The van der Waals surface area contributed by atoms with Crippen LogP contribution in [0.2, 0.25) is 0 Å². The first-order valence-electron chi connectivity index (χ1n) is 6.46. The van der Waals surface area contributed by atoms with Crippen LogP contribution in [0.4, 0.5) is 18.9 Å². The second-order valence-corrected chi connectivity index (χ2v) is 5.92. The van der Waals surface area contributed by atoms with Gasteiger partial charge in [0.1, 0.15) is 0 Å². The molecule has 1 atom stereocenters. The first-order chi connectivity index (χ1) is 9.75. The predicted octanol–water partition coefficient (Wildman–Crippen LogP) is 5.95. The SMILES string of the molecule is Cc1cc(Br)cc(NC(C)c2cccc(C(F)(F)F)c2)c1. The minimum absolute atomic E-state index is 0.221. The third-order valence-electron chi connectivity index (χ3n) is 3.14. The maximum Gasteiger partial charge on any atom is 0.416 e. The van der Waals surface area contributed by atoms with E-state index in [1.54, 1.807) is 6.07 Å². The van der Waals surface area contributed by atoms with Crippen molar-refractivity contribution in [2.24, 2.45) is 0 Å². The summed E-state index contributed by atoms with van der Waals surface area (Å²) in [5.41, 5.74) is 1.91. The Labute approximate surface area is 130 Å². The summed E-state index contributed by atoms with van der Waals surface area (Å²) in [6, 6.07) is 11.0. The van der Waals surface area contributed by atoms with Gasteiger partial charge in [-0.3, -0.25) is 0 Å². The second kappa shape index (κ2) is 6.10. The summed E-state index contributed by atoms with van der Waals surface area (Å²) in [5, 5.41) is 3.22. The molecule has 0 aliphatic rings. The average Bonchev–Trinajstić information content (AvgIpc) is 2.36. The Morgan fingerprint density at radius 1 is 1.10 bits per heavy atom. The molecule has 2 rings (SSSR count). The third kappa shape index (κ3) is 4.24. The molecule has 5 heteroatoms. The van der Waals surface area contributed by atoms with E-state index in [9.17, 15) is 13.2 Å². The van der Waals surface area contributed by atoms with Crippen LogP contribution in [0.3, 0.4) is 0 Å². The van der Waals surface area contributed by atoms with E-state index in [2.05, 4.69) is 21.2 Å². The van der Waals surface area contributed by atoms with E-state index in [4.69, 9.17) is 0 Å². The van der Waals surface area contributed by atoms with E-state index in [0.29, 0.717) is 5.56 Å². The lowest BCUT2D eigenvalue weighted by molar-refractivity contribution is -0.137. The van der Waals surface area contributed by atoms with Crippen molar-refractivity contribution in [3.8, 4) is 0 Å². The van der Waals surface area contributed by atoms with Gasteiger partial charge in [-0.25, -0.2) is 0 Å². The van der Waals surface area contributed by atoms with Gasteiger partial charge >= 0.3 is 6.18 Å². The highest BCUT2D eigenvalue weighted by molar-refractivity contribution is 9.10. The lowest BCUT2D eigenvalue weighted by Crippen LogP contribution is -2.10. The number of rotatable bonds is 3. The molecule has 1 N–H and O–H groups in total. The summed E-state index contributed by atoms with van der Waals surface area (Å²) in [6.07, 6.45) is -4.32. The van der Waals surface area contributed by atoms with Crippen molar-refractivity contribution < 1.29 is 13.2 Å². The standard InChI is InChI=1S/C16H15BrF3N/c1-10-6-14(17)9-15(7-10)21-11(2)12-4-3-5-13(8-12)16(18,19)20/h3-9,11,21H,1-2H3. The van der Waals surface area contributed by atoms with Crippen LogP contribution in [0.15, 0.2) is 46.9 Å². The topological polar surface area (TPSA) is 12.0 Å². The summed E-state index contributed by atoms with van der Waals surface area (Å²) >= 11 is 3.41. The lowest BCUT2D eigenvalue weighted by Gasteiger charge is -2.18. The maximum absolute atomic E-state index is 12.7. The quantitative estimate of drug-likeness (QED) is 0.715. The van der Waals surface area contributed by atoms with E-state index in [-0.39, 0.29) is 6.04 Å². The van der Waals surface area contributed by atoms with Gasteiger partial charge in [0.15, 0.2) is 0 Å². The first kappa shape index (κ1) is 15.9. The summed E-state index contributed by atoms with van der Waals surface area (Å²) in [4.78, 5) is 0. The van der Waals surface area contributed by atoms with Crippen LogP contribution < -0.4 is 5.32 Å². The Morgan fingerprint density at radius 3 is 2.43 bits per heavy atom. The van der Waals surface area contributed by atoms with Crippen LogP contribution >= 0.6 is 15.9 Å². The van der Waals surface area contributed by atoms with E-state index >= 15 is 0 Å². The number of alkyl halides is 3. The monoisotopic (exact) mass is 357 g/mol. The predicted molar refractivity (Wildman–Crippen MR) is 82.4 cm³/mol. The molecule has 0 amide bonds. The molecule has 0 spiro atoms. The minimum Gasteiger partial charge on any atom is -0.378 e. The highest BCUT2D eigenvalue weighted by Crippen LogP contribution is 2.31. The minimum atomic E-state index is -4.32. The molecule has 21 heavy (non-hydrogen) atoms. The Morgan fingerprint density at radius 2 is 1.81 bits per heavy atom. The number of aryl methyl sites for hydroxylation is 1. The average molecular weight is 358 g/mol. The third-order valence-corrected chi connectivity index (χ3v) is 3.60. The zero-order valence-electron chi connectivity index (χ0n) is 11.6. The normalized spacial score (nSPS) is 13.0. The zero-order valence-corrected chi connectivity index (χ0v) is 13.2. The molecular weight excluding hydrogens is 343 g/mol. The number of anilines is 1. The van der Waals surface area contributed by atoms with Crippen molar-refractivity contribution in [1.82, 2.24) is 0 Å². The molecule has 112 valence electrons. The fourth-order valence-electron chi connectivity index (χ4n) is 2.14. The van der Waals surface area contributed by atoms with Crippen LogP contribution in [-0.2, 0) is 6.18 Å². The Bertz CT molecular complexity index is 617. The zero-order chi connectivity index (χ0) is 15.6. The Hall–Kier alpha value is -1.49. The van der Waals surface area contributed by atoms with Gasteiger partial charge in [0, 0.05) is 16.2 Å². The van der Waals surface area contributed by atoms with E-state index in [1.165, 1.54) is 12.1 Å². The van der Waals surface area contributed by atoms with Crippen molar-refractivity contribution in [1.29, 1.82) is 0 Å². The van der Waals surface area contributed by atoms with Gasteiger partial charge in [-0.05, 0) is 55.3 Å². The van der Waals surface area contributed by atoms with Gasteiger partial charge in [0.05, 0.1) is 5.56 Å². The van der Waals surface area contributed by atoms with Crippen LogP contribution in [0.5, 0.6) is 0 Å². The van der Waals surface area contributed by atoms with Gasteiger partial charge in [-0.15, -0.1) is 0 Å². The number of nitrogens with one attached hydrogen (secondary N) is 1. The van der Waals surface area contributed by atoms with Crippen molar-refractivity contribution in [3.63, 3.8) is 0 Å². The fraction of sp³-hybridized carbons (Fsp3) is 0.250. The molecule has 2 aromatic carbocycles. The van der Waals surface area contributed by atoms with Crippen molar-refractivity contribution in [3.05, 3.63) is 63.6 Å². The summed E-state index contributed by atoms with van der Waals surface area (Å²) in [6.45, 7) is 3.80. The summed E-state index contributed by atoms with van der Waals surface area (Å²) in [5.74, 6) is 0. The van der Waals surface area contributed by atoms with Crippen molar-refractivity contribution in [2.45, 2.75) is 26.1 Å². The number of hydrogen-bond donors (Lipinski definition) is 1.